The number of hydrogen-bond acceptors (Lipinski definition) is 5. The van der Waals surface area contributed by atoms with Gasteiger partial charge in [-0.15, -0.1) is 0 Å². The van der Waals surface area contributed by atoms with E-state index in [1.165, 1.54) is 12.0 Å². The molecule has 1 heterocycles. The summed E-state index contributed by atoms with van der Waals surface area (Å²) in [6, 6.07) is 6.65. The number of carbonyl (C=O) groups is 2. The third-order valence-electron chi connectivity index (χ3n) is 5.03. The van der Waals surface area contributed by atoms with Gasteiger partial charge in [-0.05, 0) is 31.4 Å². The van der Waals surface area contributed by atoms with Crippen molar-refractivity contribution in [1.29, 1.82) is 0 Å². The molecular formula is C17H22N2O5S. The summed E-state index contributed by atoms with van der Waals surface area (Å²) in [7, 11) is 0.0110. The van der Waals surface area contributed by atoms with Crippen LogP contribution in [0.25, 0.3) is 0 Å². The first kappa shape index (κ1) is 17.7. The molecule has 3 rings (SSSR count). The zero-order valence-corrected chi connectivity index (χ0v) is 15.1. The lowest BCUT2D eigenvalue weighted by Crippen LogP contribution is -2.46. The summed E-state index contributed by atoms with van der Waals surface area (Å²) in [5.74, 6) is -0.0826. The fourth-order valence-corrected chi connectivity index (χ4v) is 5.01. The standard InChI is InChI=1S/C17H22N2O5S/c1-19(12-7-10-25(22,23)11-12)16(21)17(8-9-17)15(20)18-13-5-3-4-6-14(13)24-2/h3-6,12H,7-11H2,1-2H3,(H,18,20). The molecule has 7 nitrogen and oxygen atoms in total. The molecule has 1 saturated heterocycles. The average Bonchev–Trinajstić information content (AvgIpc) is 3.32. The van der Waals surface area contributed by atoms with Crippen molar-refractivity contribution in [3.05, 3.63) is 24.3 Å². The highest BCUT2D eigenvalue weighted by atomic mass is 32.2. The van der Waals surface area contributed by atoms with Gasteiger partial charge in [0.25, 0.3) is 0 Å². The largest absolute Gasteiger partial charge is 0.495 e. The maximum Gasteiger partial charge on any atom is 0.240 e. The second kappa shape index (κ2) is 6.33. The average molecular weight is 366 g/mol. The lowest BCUT2D eigenvalue weighted by Gasteiger charge is -2.27. The van der Waals surface area contributed by atoms with Gasteiger partial charge in [0.15, 0.2) is 9.84 Å². The molecule has 0 bridgehead atoms. The zero-order chi connectivity index (χ0) is 18.2. The van der Waals surface area contributed by atoms with Crippen molar-refractivity contribution in [3.8, 4) is 5.75 Å². The van der Waals surface area contributed by atoms with Crippen molar-refractivity contribution in [3.63, 3.8) is 0 Å². The first-order chi connectivity index (χ1) is 11.8. The molecule has 0 radical (unpaired) electrons. The van der Waals surface area contributed by atoms with Crippen LogP contribution in [0.3, 0.4) is 0 Å². The van der Waals surface area contributed by atoms with Gasteiger partial charge in [0.2, 0.25) is 11.8 Å². The van der Waals surface area contributed by atoms with E-state index in [-0.39, 0.29) is 29.4 Å². The van der Waals surface area contributed by atoms with Gasteiger partial charge < -0.3 is 15.0 Å². The van der Waals surface area contributed by atoms with E-state index < -0.39 is 15.3 Å². The van der Waals surface area contributed by atoms with E-state index in [9.17, 15) is 18.0 Å². The third kappa shape index (κ3) is 3.35. The number of sulfone groups is 1. The van der Waals surface area contributed by atoms with Crippen LogP contribution in [-0.4, -0.2) is 56.8 Å². The molecule has 2 amide bonds. The van der Waals surface area contributed by atoms with Gasteiger partial charge >= 0.3 is 0 Å². The topological polar surface area (TPSA) is 92.8 Å². The van der Waals surface area contributed by atoms with Crippen molar-refractivity contribution in [2.75, 3.05) is 31.0 Å². The van der Waals surface area contributed by atoms with Crippen LogP contribution >= 0.6 is 0 Å². The van der Waals surface area contributed by atoms with Crippen LogP contribution in [0, 0.1) is 5.41 Å². The molecule has 136 valence electrons. The van der Waals surface area contributed by atoms with Gasteiger partial charge in [-0.1, -0.05) is 12.1 Å². The van der Waals surface area contributed by atoms with Gasteiger partial charge in [-0.2, -0.15) is 0 Å². The molecule has 1 N–H and O–H groups in total. The summed E-state index contributed by atoms with van der Waals surface area (Å²) in [6.07, 6.45) is 1.36. The minimum atomic E-state index is -3.09. The predicted molar refractivity (Wildman–Crippen MR) is 93.1 cm³/mol. The number of anilines is 1. The molecule has 1 unspecified atom stereocenters. The van der Waals surface area contributed by atoms with Gasteiger partial charge in [0.05, 0.1) is 24.3 Å². The molecule has 8 heteroatoms. The minimum Gasteiger partial charge on any atom is -0.495 e. The van der Waals surface area contributed by atoms with Crippen molar-refractivity contribution in [1.82, 2.24) is 4.90 Å². The summed E-state index contributed by atoms with van der Waals surface area (Å²) < 4.78 is 28.5. The van der Waals surface area contributed by atoms with Crippen LogP contribution in [-0.2, 0) is 19.4 Å². The first-order valence-corrected chi connectivity index (χ1v) is 10.0. The molecule has 1 aromatic carbocycles. The second-order valence-corrected chi connectivity index (χ2v) is 8.94. The molecule has 2 aliphatic rings. The smallest absolute Gasteiger partial charge is 0.240 e. The van der Waals surface area contributed by atoms with E-state index in [2.05, 4.69) is 5.32 Å². The molecule has 1 aliphatic heterocycles. The maximum atomic E-state index is 12.9. The Kier molecular flexibility index (Phi) is 4.49. The van der Waals surface area contributed by atoms with E-state index in [1.54, 1.807) is 31.3 Å². The van der Waals surface area contributed by atoms with Crippen molar-refractivity contribution >= 4 is 27.3 Å². The molecule has 1 atom stereocenters. The Balaban J connectivity index is 1.73. The normalized spacial score (nSPS) is 22.9. The molecule has 0 spiro atoms. The Morgan fingerprint density at radius 2 is 1.96 bits per heavy atom. The Labute approximate surface area is 147 Å². The quantitative estimate of drug-likeness (QED) is 0.787. The fraction of sp³-hybridized carbons (Fsp3) is 0.529. The Morgan fingerprint density at radius 3 is 2.52 bits per heavy atom. The number of rotatable bonds is 5. The highest BCUT2D eigenvalue weighted by molar-refractivity contribution is 7.91. The Bertz CT molecular complexity index is 801. The van der Waals surface area contributed by atoms with Crippen LogP contribution in [0.5, 0.6) is 5.75 Å². The van der Waals surface area contributed by atoms with Crippen molar-refractivity contribution < 1.29 is 22.7 Å². The van der Waals surface area contributed by atoms with Gasteiger partial charge in [-0.25, -0.2) is 8.42 Å². The first-order valence-electron chi connectivity index (χ1n) is 8.21. The highest BCUT2D eigenvalue weighted by Crippen LogP contribution is 2.49. The zero-order valence-electron chi connectivity index (χ0n) is 14.3. The number of amides is 2. The summed E-state index contributed by atoms with van der Waals surface area (Å²) in [5, 5.41) is 2.78. The summed E-state index contributed by atoms with van der Waals surface area (Å²) in [4.78, 5) is 27.0. The number of nitrogens with one attached hydrogen (secondary N) is 1. The minimum absolute atomic E-state index is 0.0283. The van der Waals surface area contributed by atoms with Crippen LogP contribution in [0.15, 0.2) is 24.3 Å². The molecule has 0 aromatic heterocycles. The predicted octanol–water partition coefficient (Wildman–Crippen LogP) is 1.06. The number of ether oxygens (including phenoxy) is 1. The lowest BCUT2D eigenvalue weighted by atomic mass is 10.0. The highest BCUT2D eigenvalue weighted by Gasteiger charge is 2.58. The molecule has 1 aliphatic carbocycles. The molecule has 1 saturated carbocycles. The van der Waals surface area contributed by atoms with Gasteiger partial charge in [0, 0.05) is 13.1 Å². The van der Waals surface area contributed by atoms with E-state index in [0.29, 0.717) is 30.7 Å². The number of hydrogen-bond donors (Lipinski definition) is 1. The molecule has 25 heavy (non-hydrogen) atoms. The van der Waals surface area contributed by atoms with E-state index in [0.717, 1.165) is 0 Å². The number of para-hydroxylation sites is 2. The van der Waals surface area contributed by atoms with E-state index >= 15 is 0 Å². The monoisotopic (exact) mass is 366 g/mol. The number of benzene rings is 1. The summed E-state index contributed by atoms with van der Waals surface area (Å²) in [6.45, 7) is 0. The molecular weight excluding hydrogens is 344 g/mol. The summed E-state index contributed by atoms with van der Waals surface area (Å²) >= 11 is 0. The number of nitrogens with zero attached hydrogens (tertiary/aromatic N) is 1. The van der Waals surface area contributed by atoms with Crippen LogP contribution in [0.4, 0.5) is 5.69 Å². The summed E-state index contributed by atoms with van der Waals surface area (Å²) in [5.41, 5.74) is -0.581. The number of carbonyl (C=O) groups excluding carboxylic acids is 2. The van der Waals surface area contributed by atoms with Crippen LogP contribution in [0.2, 0.25) is 0 Å². The van der Waals surface area contributed by atoms with Gasteiger partial charge in [-0.3, -0.25) is 9.59 Å². The molecule has 1 aromatic rings. The SMILES string of the molecule is COc1ccccc1NC(=O)C1(C(=O)N(C)C2CCS(=O)(=O)C2)CC1. The third-order valence-corrected chi connectivity index (χ3v) is 6.78. The fourth-order valence-electron chi connectivity index (χ4n) is 3.24. The van der Waals surface area contributed by atoms with E-state index in [1.807, 2.05) is 0 Å². The Morgan fingerprint density at radius 1 is 1.28 bits per heavy atom. The number of methoxy groups -OCH3 is 1. The maximum absolute atomic E-state index is 12.9. The second-order valence-electron chi connectivity index (χ2n) is 6.71. The molecule has 2 fully saturated rings. The van der Waals surface area contributed by atoms with Crippen molar-refractivity contribution in [2.45, 2.75) is 25.3 Å². The van der Waals surface area contributed by atoms with Crippen molar-refractivity contribution in [2.24, 2.45) is 5.41 Å². The van der Waals surface area contributed by atoms with E-state index in [4.69, 9.17) is 4.74 Å². The Hall–Kier alpha value is -2.09. The van der Waals surface area contributed by atoms with Gasteiger partial charge in [0.1, 0.15) is 11.2 Å². The van der Waals surface area contributed by atoms with Crippen LogP contribution < -0.4 is 10.1 Å². The van der Waals surface area contributed by atoms with Crippen LogP contribution in [0.1, 0.15) is 19.3 Å². The lowest BCUT2D eigenvalue weighted by molar-refractivity contribution is -0.142.